The van der Waals surface area contributed by atoms with Crippen LogP contribution >= 0.6 is 0 Å². The first kappa shape index (κ1) is 18.9. The number of aromatic nitrogens is 1. The van der Waals surface area contributed by atoms with Crippen LogP contribution in [0.2, 0.25) is 0 Å². The monoisotopic (exact) mass is 389 g/mol. The van der Waals surface area contributed by atoms with Crippen molar-refractivity contribution >= 4 is 11.5 Å². The van der Waals surface area contributed by atoms with E-state index in [2.05, 4.69) is 9.88 Å². The van der Waals surface area contributed by atoms with Crippen LogP contribution in [-0.4, -0.2) is 49.8 Å². The van der Waals surface area contributed by atoms with Crippen molar-refractivity contribution in [3.63, 3.8) is 0 Å². The summed E-state index contributed by atoms with van der Waals surface area (Å²) < 4.78 is 35.1. The highest BCUT2D eigenvalue weighted by molar-refractivity contribution is 5.56. The number of alkyl halides is 2. The van der Waals surface area contributed by atoms with E-state index in [1.165, 1.54) is 6.07 Å². The second-order valence-corrected chi connectivity index (χ2v) is 7.45. The van der Waals surface area contributed by atoms with Gasteiger partial charge in [0.25, 0.3) is 11.5 Å². The van der Waals surface area contributed by atoms with Crippen LogP contribution in [0.3, 0.4) is 0 Å². The summed E-state index contributed by atoms with van der Waals surface area (Å²) in [6, 6.07) is 11.7. The molecule has 28 heavy (non-hydrogen) atoms. The van der Waals surface area contributed by atoms with Gasteiger partial charge in [-0.05, 0) is 18.4 Å². The molecule has 1 aromatic carbocycles. The average molecular weight is 389 g/mol. The molecule has 2 fully saturated rings. The van der Waals surface area contributed by atoms with E-state index in [-0.39, 0.29) is 18.4 Å². The number of benzene rings is 1. The van der Waals surface area contributed by atoms with Crippen LogP contribution in [0.4, 0.5) is 20.3 Å². The Bertz CT molecular complexity index is 850. The zero-order valence-electron chi connectivity index (χ0n) is 15.7. The number of aromatic amines is 1. The molecule has 2 aliphatic heterocycles. The van der Waals surface area contributed by atoms with Crippen LogP contribution < -0.4 is 15.4 Å². The van der Waals surface area contributed by atoms with Crippen LogP contribution in [0.5, 0.6) is 0 Å². The second kappa shape index (κ2) is 7.91. The van der Waals surface area contributed by atoms with Gasteiger partial charge in [0.05, 0.1) is 19.3 Å². The lowest BCUT2D eigenvalue weighted by molar-refractivity contribution is -0.0485. The van der Waals surface area contributed by atoms with Gasteiger partial charge in [0, 0.05) is 43.9 Å². The molecule has 0 spiro atoms. The molecule has 7 heteroatoms. The minimum atomic E-state index is -2.82. The number of ether oxygens (including phenoxy) is 1. The molecule has 0 aliphatic carbocycles. The van der Waals surface area contributed by atoms with Crippen LogP contribution in [-0.2, 0) is 11.2 Å². The summed E-state index contributed by atoms with van der Waals surface area (Å²) in [5, 5.41) is 0. The highest BCUT2D eigenvalue weighted by Crippen LogP contribution is 2.37. The van der Waals surface area contributed by atoms with Crippen LogP contribution in [0.1, 0.15) is 18.4 Å². The van der Waals surface area contributed by atoms with Gasteiger partial charge in [0.2, 0.25) is 0 Å². The van der Waals surface area contributed by atoms with Crippen molar-refractivity contribution in [2.75, 3.05) is 42.6 Å². The molecule has 0 unspecified atom stereocenters. The van der Waals surface area contributed by atoms with E-state index < -0.39 is 12.0 Å². The Kier molecular flexibility index (Phi) is 5.35. The number of H-pyrrole nitrogens is 1. The Hall–Kier alpha value is -2.41. The van der Waals surface area contributed by atoms with Crippen LogP contribution in [0.25, 0.3) is 0 Å². The van der Waals surface area contributed by atoms with Crippen molar-refractivity contribution in [3.8, 4) is 0 Å². The fourth-order valence-electron chi connectivity index (χ4n) is 4.09. The fraction of sp³-hybridized carbons (Fsp3) is 0.476. The number of piperidine rings is 1. The predicted molar refractivity (Wildman–Crippen MR) is 106 cm³/mol. The predicted octanol–water partition coefficient (Wildman–Crippen LogP) is 3.06. The fourth-order valence-corrected chi connectivity index (χ4v) is 4.09. The Balaban J connectivity index is 1.67. The quantitative estimate of drug-likeness (QED) is 0.873. The Labute approximate surface area is 162 Å². The normalized spacial score (nSPS) is 22.3. The van der Waals surface area contributed by atoms with Gasteiger partial charge in [-0.25, -0.2) is 8.78 Å². The van der Waals surface area contributed by atoms with Gasteiger partial charge in [0.15, 0.2) is 0 Å². The molecule has 1 atom stereocenters. The Morgan fingerprint density at radius 3 is 2.61 bits per heavy atom. The third kappa shape index (κ3) is 4.04. The molecular weight excluding hydrogens is 364 g/mol. The van der Waals surface area contributed by atoms with Gasteiger partial charge in [-0.2, -0.15) is 0 Å². The topological polar surface area (TPSA) is 48.6 Å². The van der Waals surface area contributed by atoms with Gasteiger partial charge < -0.3 is 19.5 Å². The summed E-state index contributed by atoms with van der Waals surface area (Å²) in [5.74, 6) is -2.35. The number of halogens is 2. The molecule has 150 valence electrons. The van der Waals surface area contributed by atoms with Crippen molar-refractivity contribution in [2.24, 2.45) is 0 Å². The summed E-state index contributed by atoms with van der Waals surface area (Å²) in [4.78, 5) is 18.8. The molecule has 0 saturated carbocycles. The summed E-state index contributed by atoms with van der Waals surface area (Å²) in [6.45, 7) is 3.07. The number of rotatable bonds is 4. The third-order valence-electron chi connectivity index (χ3n) is 5.55. The summed E-state index contributed by atoms with van der Waals surface area (Å²) in [7, 11) is 0. The van der Waals surface area contributed by atoms with Gasteiger partial charge >= 0.3 is 0 Å². The van der Waals surface area contributed by atoms with Crippen molar-refractivity contribution in [1.29, 1.82) is 0 Å². The maximum atomic E-state index is 14.9. The minimum absolute atomic E-state index is 0.131. The van der Waals surface area contributed by atoms with E-state index in [1.807, 2.05) is 36.4 Å². The maximum absolute atomic E-state index is 14.9. The highest BCUT2D eigenvalue weighted by atomic mass is 19.3. The molecule has 0 bridgehead atoms. The third-order valence-corrected chi connectivity index (χ3v) is 5.55. The lowest BCUT2D eigenvalue weighted by Crippen LogP contribution is -2.54. The summed E-state index contributed by atoms with van der Waals surface area (Å²) >= 11 is 0. The number of nitrogens with zero attached hydrogens (tertiary/aromatic N) is 2. The molecule has 5 nitrogen and oxygen atoms in total. The number of hydrogen-bond acceptors (Lipinski definition) is 4. The zero-order chi connectivity index (χ0) is 19.6. The number of nitrogens with one attached hydrogen (secondary N) is 1. The van der Waals surface area contributed by atoms with E-state index >= 15 is 0 Å². The van der Waals surface area contributed by atoms with Gasteiger partial charge in [-0.3, -0.25) is 4.79 Å². The van der Waals surface area contributed by atoms with Crippen molar-refractivity contribution in [3.05, 3.63) is 58.4 Å². The SMILES string of the molecule is O=c1cc(N2CCOCC2)cc(N2CCCC(F)(F)[C@@H]2Cc2ccccc2)[nH]1. The lowest BCUT2D eigenvalue weighted by Gasteiger charge is -2.42. The van der Waals surface area contributed by atoms with E-state index in [9.17, 15) is 13.6 Å². The first-order valence-corrected chi connectivity index (χ1v) is 9.78. The summed E-state index contributed by atoms with van der Waals surface area (Å²) in [6.07, 6.45) is 0.494. The number of morpholine rings is 1. The largest absolute Gasteiger partial charge is 0.378 e. The van der Waals surface area contributed by atoms with Crippen LogP contribution in [0, 0.1) is 0 Å². The van der Waals surface area contributed by atoms with Gasteiger partial charge in [-0.15, -0.1) is 0 Å². The lowest BCUT2D eigenvalue weighted by atomic mass is 9.92. The van der Waals surface area contributed by atoms with Gasteiger partial charge in [0.1, 0.15) is 5.82 Å². The second-order valence-electron chi connectivity index (χ2n) is 7.45. The number of hydrogen-bond donors (Lipinski definition) is 1. The molecule has 3 heterocycles. The first-order chi connectivity index (χ1) is 13.5. The summed E-state index contributed by atoms with van der Waals surface area (Å²) in [5.41, 5.74) is 1.35. The van der Waals surface area contributed by atoms with Crippen molar-refractivity contribution in [2.45, 2.75) is 31.2 Å². The molecule has 2 saturated heterocycles. The van der Waals surface area contributed by atoms with Gasteiger partial charge in [-0.1, -0.05) is 30.3 Å². The molecule has 0 amide bonds. The standard InChI is InChI=1S/C21H25F2N3O2/c22-21(23)7-4-8-26(18(21)13-16-5-2-1-3-6-16)19-14-17(15-20(27)24-19)25-9-11-28-12-10-25/h1-3,5-6,14-15,18H,4,7-13H2,(H,24,27)/t18-/m0/s1. The molecule has 2 aliphatic rings. The van der Waals surface area contributed by atoms with Crippen LogP contribution in [0.15, 0.2) is 47.3 Å². The molecule has 1 N–H and O–H groups in total. The number of anilines is 2. The minimum Gasteiger partial charge on any atom is -0.378 e. The zero-order valence-corrected chi connectivity index (χ0v) is 15.7. The molecule has 4 rings (SSSR count). The van der Waals surface area contributed by atoms with E-state index in [4.69, 9.17) is 4.74 Å². The average Bonchev–Trinajstić information content (AvgIpc) is 2.70. The van der Waals surface area contributed by atoms with Crippen molar-refractivity contribution < 1.29 is 13.5 Å². The maximum Gasteiger partial charge on any atom is 0.268 e. The Morgan fingerprint density at radius 1 is 1.11 bits per heavy atom. The van der Waals surface area contributed by atoms with E-state index in [0.29, 0.717) is 45.1 Å². The van der Waals surface area contributed by atoms with E-state index in [0.717, 1.165) is 11.3 Å². The smallest absolute Gasteiger partial charge is 0.268 e. The molecule has 1 aromatic heterocycles. The van der Waals surface area contributed by atoms with E-state index in [1.54, 1.807) is 4.90 Å². The first-order valence-electron chi connectivity index (χ1n) is 9.78. The van der Waals surface area contributed by atoms with Crippen molar-refractivity contribution in [1.82, 2.24) is 4.98 Å². The highest BCUT2D eigenvalue weighted by Gasteiger charge is 2.46. The molecule has 0 radical (unpaired) electrons. The molecular formula is C21H25F2N3O2. The Morgan fingerprint density at radius 2 is 1.86 bits per heavy atom. The molecule has 2 aromatic rings. The number of pyridine rings is 1.